The number of hydrogen-bond donors (Lipinski definition) is 2. The van der Waals surface area contributed by atoms with Crippen molar-refractivity contribution < 1.29 is 10.0 Å². The standard InChI is InChI=1S/C13H19N3O2/c1-2-3-9-16(11-7-5-4-6-8-11)13(17)10-12(14)15-18/h4-8,18H,2-3,9-10H2,1H3,(H2,14,15). The summed E-state index contributed by atoms with van der Waals surface area (Å²) in [5.41, 5.74) is 6.21. The maximum atomic E-state index is 12.1. The predicted molar refractivity (Wildman–Crippen MR) is 71.7 cm³/mol. The van der Waals surface area contributed by atoms with Crippen LogP contribution in [-0.2, 0) is 4.79 Å². The molecule has 0 aliphatic rings. The molecule has 0 unspecified atom stereocenters. The molecule has 0 saturated carbocycles. The van der Waals surface area contributed by atoms with Crippen molar-refractivity contribution in [3.05, 3.63) is 30.3 Å². The van der Waals surface area contributed by atoms with Crippen molar-refractivity contribution in [3.8, 4) is 0 Å². The molecule has 98 valence electrons. The number of para-hydroxylation sites is 1. The Kier molecular flexibility index (Phi) is 5.70. The van der Waals surface area contributed by atoms with Gasteiger partial charge in [-0.05, 0) is 18.6 Å². The summed E-state index contributed by atoms with van der Waals surface area (Å²) in [6.07, 6.45) is 1.84. The summed E-state index contributed by atoms with van der Waals surface area (Å²) in [5, 5.41) is 11.3. The third kappa shape index (κ3) is 4.08. The Balaban J connectivity index is 2.81. The maximum Gasteiger partial charge on any atom is 0.234 e. The van der Waals surface area contributed by atoms with Crippen molar-refractivity contribution in [1.82, 2.24) is 0 Å². The number of carbonyl (C=O) groups excluding carboxylic acids is 1. The van der Waals surface area contributed by atoms with Gasteiger partial charge in [0.15, 0.2) is 0 Å². The topological polar surface area (TPSA) is 78.9 Å². The molecule has 1 aromatic rings. The van der Waals surface area contributed by atoms with Crippen molar-refractivity contribution in [2.75, 3.05) is 11.4 Å². The molecule has 0 heterocycles. The molecule has 5 heteroatoms. The fourth-order valence-electron chi connectivity index (χ4n) is 1.61. The second-order valence-corrected chi connectivity index (χ2v) is 4.00. The number of unbranched alkanes of at least 4 members (excludes halogenated alkanes) is 1. The largest absolute Gasteiger partial charge is 0.409 e. The molecule has 1 aromatic carbocycles. The van der Waals surface area contributed by atoms with Crippen LogP contribution in [0, 0.1) is 0 Å². The van der Waals surface area contributed by atoms with E-state index in [1.165, 1.54) is 0 Å². The zero-order valence-corrected chi connectivity index (χ0v) is 10.5. The Labute approximate surface area is 107 Å². The first-order valence-corrected chi connectivity index (χ1v) is 6.00. The Bertz CT molecular complexity index is 404. The maximum absolute atomic E-state index is 12.1. The Morgan fingerprint density at radius 2 is 2.06 bits per heavy atom. The van der Waals surface area contributed by atoms with E-state index in [-0.39, 0.29) is 18.2 Å². The number of benzene rings is 1. The van der Waals surface area contributed by atoms with Crippen LogP contribution in [0.1, 0.15) is 26.2 Å². The highest BCUT2D eigenvalue weighted by molar-refractivity contribution is 6.06. The number of amides is 1. The van der Waals surface area contributed by atoms with Crippen LogP contribution in [0.2, 0.25) is 0 Å². The fraction of sp³-hybridized carbons (Fsp3) is 0.385. The molecular formula is C13H19N3O2. The Morgan fingerprint density at radius 3 is 2.61 bits per heavy atom. The summed E-state index contributed by atoms with van der Waals surface area (Å²) in [7, 11) is 0. The van der Waals surface area contributed by atoms with Crippen LogP contribution in [0.15, 0.2) is 35.5 Å². The number of rotatable bonds is 6. The first kappa shape index (κ1) is 14.0. The van der Waals surface area contributed by atoms with Crippen LogP contribution >= 0.6 is 0 Å². The third-order valence-corrected chi connectivity index (χ3v) is 2.56. The van der Waals surface area contributed by atoms with Gasteiger partial charge in [0.2, 0.25) is 5.91 Å². The first-order valence-electron chi connectivity index (χ1n) is 6.00. The Hall–Kier alpha value is -2.04. The summed E-state index contributed by atoms with van der Waals surface area (Å²) in [4.78, 5) is 13.7. The summed E-state index contributed by atoms with van der Waals surface area (Å²) in [5.74, 6) is -0.234. The lowest BCUT2D eigenvalue weighted by Crippen LogP contribution is -2.34. The van der Waals surface area contributed by atoms with Crippen molar-refractivity contribution in [2.45, 2.75) is 26.2 Å². The number of amidine groups is 1. The molecule has 0 bridgehead atoms. The van der Waals surface area contributed by atoms with E-state index in [1.807, 2.05) is 30.3 Å². The fourth-order valence-corrected chi connectivity index (χ4v) is 1.61. The van der Waals surface area contributed by atoms with Gasteiger partial charge in [0, 0.05) is 12.2 Å². The van der Waals surface area contributed by atoms with E-state index in [1.54, 1.807) is 4.90 Å². The van der Waals surface area contributed by atoms with Gasteiger partial charge in [-0.3, -0.25) is 4.79 Å². The van der Waals surface area contributed by atoms with Crippen molar-refractivity contribution >= 4 is 17.4 Å². The van der Waals surface area contributed by atoms with Gasteiger partial charge in [0.05, 0.1) is 6.42 Å². The number of hydrogen-bond acceptors (Lipinski definition) is 3. The van der Waals surface area contributed by atoms with E-state index in [0.29, 0.717) is 6.54 Å². The molecule has 0 radical (unpaired) electrons. The lowest BCUT2D eigenvalue weighted by atomic mass is 10.2. The molecule has 5 nitrogen and oxygen atoms in total. The van der Waals surface area contributed by atoms with Gasteiger partial charge in [-0.15, -0.1) is 0 Å². The molecule has 3 N–H and O–H groups in total. The summed E-state index contributed by atoms with van der Waals surface area (Å²) in [6, 6.07) is 9.41. The van der Waals surface area contributed by atoms with Gasteiger partial charge in [-0.2, -0.15) is 0 Å². The minimum Gasteiger partial charge on any atom is -0.409 e. The first-order chi connectivity index (χ1) is 8.69. The molecule has 0 aromatic heterocycles. The highest BCUT2D eigenvalue weighted by Crippen LogP contribution is 2.15. The molecule has 0 atom stereocenters. The van der Waals surface area contributed by atoms with Crippen LogP contribution in [0.4, 0.5) is 5.69 Å². The van der Waals surface area contributed by atoms with Crippen LogP contribution in [-0.4, -0.2) is 23.5 Å². The van der Waals surface area contributed by atoms with Crippen LogP contribution < -0.4 is 10.6 Å². The second-order valence-electron chi connectivity index (χ2n) is 4.00. The molecule has 1 rings (SSSR count). The number of carbonyl (C=O) groups is 1. The number of nitrogens with zero attached hydrogens (tertiary/aromatic N) is 2. The summed E-state index contributed by atoms with van der Waals surface area (Å²) in [6.45, 7) is 2.70. The van der Waals surface area contributed by atoms with E-state index < -0.39 is 0 Å². The number of oxime groups is 1. The molecule has 0 saturated heterocycles. The minimum atomic E-state index is -0.162. The molecule has 0 aliphatic heterocycles. The van der Waals surface area contributed by atoms with Crippen molar-refractivity contribution in [3.63, 3.8) is 0 Å². The summed E-state index contributed by atoms with van der Waals surface area (Å²) < 4.78 is 0. The van der Waals surface area contributed by atoms with Gasteiger partial charge in [-0.25, -0.2) is 0 Å². The van der Waals surface area contributed by atoms with Gasteiger partial charge in [0.25, 0.3) is 0 Å². The SMILES string of the molecule is CCCCN(C(=O)CC(N)=NO)c1ccccc1. The number of nitrogens with two attached hydrogens (primary N) is 1. The van der Waals surface area contributed by atoms with Crippen molar-refractivity contribution in [1.29, 1.82) is 0 Å². The van der Waals surface area contributed by atoms with Crippen LogP contribution in [0.25, 0.3) is 0 Å². The normalized spacial score (nSPS) is 11.3. The van der Waals surface area contributed by atoms with Gasteiger partial charge in [0.1, 0.15) is 5.84 Å². The monoisotopic (exact) mass is 249 g/mol. The van der Waals surface area contributed by atoms with E-state index in [0.717, 1.165) is 18.5 Å². The molecular weight excluding hydrogens is 230 g/mol. The highest BCUT2D eigenvalue weighted by atomic mass is 16.4. The van der Waals surface area contributed by atoms with Crippen LogP contribution in [0.3, 0.4) is 0 Å². The van der Waals surface area contributed by atoms with Crippen LogP contribution in [0.5, 0.6) is 0 Å². The van der Waals surface area contributed by atoms with Gasteiger partial charge < -0.3 is 15.8 Å². The predicted octanol–water partition coefficient (Wildman–Crippen LogP) is 1.96. The average molecular weight is 249 g/mol. The van der Waals surface area contributed by atoms with E-state index >= 15 is 0 Å². The van der Waals surface area contributed by atoms with E-state index in [9.17, 15) is 4.79 Å². The molecule has 18 heavy (non-hydrogen) atoms. The number of anilines is 1. The third-order valence-electron chi connectivity index (χ3n) is 2.56. The molecule has 0 fully saturated rings. The quantitative estimate of drug-likeness (QED) is 0.350. The minimum absolute atomic E-state index is 0.0718. The van der Waals surface area contributed by atoms with Gasteiger partial charge >= 0.3 is 0 Å². The lowest BCUT2D eigenvalue weighted by Gasteiger charge is -2.22. The Morgan fingerprint density at radius 1 is 1.39 bits per heavy atom. The van der Waals surface area contributed by atoms with Gasteiger partial charge in [-0.1, -0.05) is 36.7 Å². The van der Waals surface area contributed by atoms with E-state index in [2.05, 4.69) is 12.1 Å². The highest BCUT2D eigenvalue weighted by Gasteiger charge is 2.16. The molecule has 0 aliphatic carbocycles. The van der Waals surface area contributed by atoms with E-state index in [4.69, 9.17) is 10.9 Å². The average Bonchev–Trinajstić information content (AvgIpc) is 2.40. The zero-order valence-electron chi connectivity index (χ0n) is 10.5. The second kappa shape index (κ2) is 7.32. The lowest BCUT2D eigenvalue weighted by molar-refractivity contribution is -0.117. The molecule has 0 spiro atoms. The summed E-state index contributed by atoms with van der Waals surface area (Å²) >= 11 is 0. The van der Waals surface area contributed by atoms with Crippen molar-refractivity contribution in [2.24, 2.45) is 10.9 Å². The smallest absolute Gasteiger partial charge is 0.234 e. The zero-order chi connectivity index (χ0) is 13.4. The molecule has 1 amide bonds.